The number of amides is 1. The molecule has 0 aliphatic heterocycles. The van der Waals surface area contributed by atoms with E-state index in [-0.39, 0.29) is 15.9 Å². The van der Waals surface area contributed by atoms with Crippen LogP contribution in [0.25, 0.3) is 0 Å². The molecular formula is C17H12Cl2N4OS. The highest BCUT2D eigenvalue weighted by Gasteiger charge is 2.14. The summed E-state index contributed by atoms with van der Waals surface area (Å²) in [4.78, 5) is 25.7. The maximum absolute atomic E-state index is 12.4. The molecule has 0 aliphatic rings. The Balaban J connectivity index is 1.77. The molecule has 5 nitrogen and oxygen atoms in total. The van der Waals surface area contributed by atoms with Crippen LogP contribution >= 0.6 is 35.0 Å². The summed E-state index contributed by atoms with van der Waals surface area (Å²) in [6.45, 7) is 1.90. The Hall–Kier alpha value is -2.15. The van der Waals surface area contributed by atoms with Crippen molar-refractivity contribution in [2.45, 2.75) is 17.0 Å². The van der Waals surface area contributed by atoms with E-state index in [1.54, 1.807) is 18.5 Å². The predicted molar refractivity (Wildman–Crippen MR) is 99.5 cm³/mol. The number of carbonyl (C=O) groups excluding carboxylic acids is 1. The summed E-state index contributed by atoms with van der Waals surface area (Å²) in [6.07, 6.45) is 3.39. The molecule has 0 radical (unpaired) electrons. The molecule has 1 aromatic carbocycles. The fraction of sp³-hybridized carbons (Fsp3) is 0.0588. The molecule has 25 heavy (non-hydrogen) atoms. The number of nitrogens with one attached hydrogen (secondary N) is 1. The predicted octanol–water partition coefficient (Wildman–Crippen LogP) is 4.89. The van der Waals surface area contributed by atoms with Crippen LogP contribution in [0, 0.1) is 6.92 Å². The molecule has 0 bridgehead atoms. The molecule has 0 saturated carbocycles. The smallest absolute Gasteiger partial charge is 0.275 e. The van der Waals surface area contributed by atoms with E-state index in [1.165, 1.54) is 23.9 Å². The van der Waals surface area contributed by atoms with Crippen molar-refractivity contribution in [3.8, 4) is 0 Å². The van der Waals surface area contributed by atoms with Gasteiger partial charge in [0.25, 0.3) is 5.91 Å². The van der Waals surface area contributed by atoms with Gasteiger partial charge in [0, 0.05) is 23.0 Å². The third-order valence-corrected chi connectivity index (χ3v) is 4.62. The third kappa shape index (κ3) is 4.48. The van der Waals surface area contributed by atoms with Crippen LogP contribution in [0.1, 0.15) is 16.1 Å². The molecule has 0 saturated heterocycles. The lowest BCUT2D eigenvalue weighted by atomic mass is 10.2. The van der Waals surface area contributed by atoms with Crippen LogP contribution in [0.2, 0.25) is 10.2 Å². The van der Waals surface area contributed by atoms with E-state index in [0.29, 0.717) is 10.8 Å². The van der Waals surface area contributed by atoms with Crippen LogP contribution in [0.5, 0.6) is 0 Å². The zero-order chi connectivity index (χ0) is 17.8. The molecule has 0 spiro atoms. The molecule has 3 rings (SSSR count). The summed E-state index contributed by atoms with van der Waals surface area (Å²) < 4.78 is 0. The van der Waals surface area contributed by atoms with E-state index in [0.717, 1.165) is 10.5 Å². The second kappa shape index (κ2) is 7.82. The maximum Gasteiger partial charge on any atom is 0.275 e. The molecule has 0 unspecified atom stereocenters. The monoisotopic (exact) mass is 390 g/mol. The first kappa shape index (κ1) is 17.7. The van der Waals surface area contributed by atoms with Crippen molar-refractivity contribution >= 4 is 46.6 Å². The SMILES string of the molecule is Cc1cc(Sc2ncccn2)ccc1NC(=O)c1nc(Cl)ccc1Cl. The van der Waals surface area contributed by atoms with Gasteiger partial charge in [-0.2, -0.15) is 0 Å². The van der Waals surface area contributed by atoms with Crippen molar-refractivity contribution in [2.75, 3.05) is 5.32 Å². The molecule has 1 N–H and O–H groups in total. The number of rotatable bonds is 4. The maximum atomic E-state index is 12.4. The standard InChI is InChI=1S/C17H12Cl2N4OS/c1-10-9-11(25-17-20-7-2-8-21-17)3-5-13(10)22-16(24)15-12(18)4-6-14(19)23-15/h2-9H,1H3,(H,22,24). The van der Waals surface area contributed by atoms with Crippen molar-refractivity contribution in [2.24, 2.45) is 0 Å². The Morgan fingerprint density at radius 3 is 2.60 bits per heavy atom. The van der Waals surface area contributed by atoms with Gasteiger partial charge in [-0.1, -0.05) is 23.2 Å². The van der Waals surface area contributed by atoms with Crippen LogP contribution in [0.4, 0.5) is 5.69 Å². The fourth-order valence-electron chi connectivity index (χ4n) is 2.04. The molecular weight excluding hydrogens is 379 g/mol. The lowest BCUT2D eigenvalue weighted by Crippen LogP contribution is -2.15. The van der Waals surface area contributed by atoms with Gasteiger partial charge in [0.2, 0.25) is 0 Å². The number of nitrogens with zero attached hydrogens (tertiary/aromatic N) is 3. The second-order valence-corrected chi connectivity index (χ2v) is 6.86. The van der Waals surface area contributed by atoms with E-state index in [9.17, 15) is 4.79 Å². The van der Waals surface area contributed by atoms with E-state index in [4.69, 9.17) is 23.2 Å². The quantitative estimate of drug-likeness (QED) is 0.507. The Morgan fingerprint density at radius 2 is 1.88 bits per heavy atom. The van der Waals surface area contributed by atoms with Crippen LogP contribution in [-0.2, 0) is 0 Å². The van der Waals surface area contributed by atoms with Crippen LogP contribution in [0.3, 0.4) is 0 Å². The minimum Gasteiger partial charge on any atom is -0.320 e. The van der Waals surface area contributed by atoms with Gasteiger partial charge in [-0.3, -0.25) is 4.79 Å². The first-order chi connectivity index (χ1) is 12.0. The minimum absolute atomic E-state index is 0.0877. The topological polar surface area (TPSA) is 67.8 Å². The van der Waals surface area contributed by atoms with E-state index in [1.807, 2.05) is 25.1 Å². The number of halogens is 2. The Bertz CT molecular complexity index is 922. The summed E-state index contributed by atoms with van der Waals surface area (Å²) in [6, 6.07) is 10.5. The first-order valence-electron chi connectivity index (χ1n) is 7.22. The summed E-state index contributed by atoms with van der Waals surface area (Å²) in [5.41, 5.74) is 1.65. The second-order valence-electron chi connectivity index (χ2n) is 5.03. The number of benzene rings is 1. The fourth-order valence-corrected chi connectivity index (χ4v) is 3.19. The molecule has 0 fully saturated rings. The van der Waals surface area contributed by atoms with Crippen molar-refractivity contribution in [1.29, 1.82) is 0 Å². The zero-order valence-electron chi connectivity index (χ0n) is 13.0. The molecule has 1 amide bonds. The highest BCUT2D eigenvalue weighted by Crippen LogP contribution is 2.28. The lowest BCUT2D eigenvalue weighted by molar-refractivity contribution is 0.102. The number of aromatic nitrogens is 3. The molecule has 0 aliphatic carbocycles. The molecule has 0 atom stereocenters. The highest BCUT2D eigenvalue weighted by atomic mass is 35.5. The van der Waals surface area contributed by atoms with E-state index < -0.39 is 5.91 Å². The number of hydrogen-bond acceptors (Lipinski definition) is 5. The minimum atomic E-state index is -0.414. The van der Waals surface area contributed by atoms with E-state index >= 15 is 0 Å². The van der Waals surface area contributed by atoms with Gasteiger partial charge in [0.15, 0.2) is 5.16 Å². The van der Waals surface area contributed by atoms with Gasteiger partial charge in [-0.15, -0.1) is 0 Å². The molecule has 2 heterocycles. The van der Waals surface area contributed by atoms with Crippen LogP contribution < -0.4 is 5.32 Å². The van der Waals surface area contributed by atoms with Gasteiger partial charge in [-0.25, -0.2) is 15.0 Å². The Labute approximate surface area is 158 Å². The Kier molecular flexibility index (Phi) is 5.53. The largest absolute Gasteiger partial charge is 0.320 e. The Morgan fingerprint density at radius 1 is 1.12 bits per heavy atom. The number of pyridine rings is 1. The van der Waals surface area contributed by atoms with Gasteiger partial charge in [-0.05, 0) is 60.6 Å². The molecule has 3 aromatic rings. The first-order valence-corrected chi connectivity index (χ1v) is 8.79. The van der Waals surface area contributed by atoms with Crippen molar-refractivity contribution in [1.82, 2.24) is 15.0 Å². The van der Waals surface area contributed by atoms with Crippen LogP contribution in [0.15, 0.2) is 58.8 Å². The number of carbonyl (C=O) groups is 1. The number of aryl methyl sites for hydroxylation is 1. The van der Waals surface area contributed by atoms with Crippen LogP contribution in [-0.4, -0.2) is 20.9 Å². The van der Waals surface area contributed by atoms with Gasteiger partial charge < -0.3 is 5.32 Å². The molecule has 2 aromatic heterocycles. The van der Waals surface area contributed by atoms with E-state index in [2.05, 4.69) is 20.3 Å². The third-order valence-electron chi connectivity index (χ3n) is 3.22. The lowest BCUT2D eigenvalue weighted by Gasteiger charge is -2.10. The summed E-state index contributed by atoms with van der Waals surface area (Å²) in [5.74, 6) is -0.414. The van der Waals surface area contributed by atoms with Crippen molar-refractivity contribution in [3.05, 3.63) is 70.2 Å². The zero-order valence-corrected chi connectivity index (χ0v) is 15.4. The number of hydrogen-bond donors (Lipinski definition) is 1. The molecule has 126 valence electrons. The van der Waals surface area contributed by atoms with Crippen molar-refractivity contribution < 1.29 is 4.79 Å². The van der Waals surface area contributed by atoms with Gasteiger partial charge in [0.1, 0.15) is 10.8 Å². The van der Waals surface area contributed by atoms with Gasteiger partial charge in [0.05, 0.1) is 5.02 Å². The average Bonchev–Trinajstić information content (AvgIpc) is 2.60. The molecule has 8 heteroatoms. The summed E-state index contributed by atoms with van der Waals surface area (Å²) in [5, 5.41) is 3.91. The average molecular weight is 391 g/mol. The highest BCUT2D eigenvalue weighted by molar-refractivity contribution is 7.99. The summed E-state index contributed by atoms with van der Waals surface area (Å²) in [7, 11) is 0. The normalized spacial score (nSPS) is 10.5. The van der Waals surface area contributed by atoms with Gasteiger partial charge >= 0.3 is 0 Å². The number of anilines is 1. The summed E-state index contributed by atoms with van der Waals surface area (Å²) >= 11 is 13.3. The van der Waals surface area contributed by atoms with Crippen molar-refractivity contribution in [3.63, 3.8) is 0 Å².